The van der Waals surface area contributed by atoms with Crippen LogP contribution in [-0.2, 0) is 0 Å². The maximum Gasteiger partial charge on any atom is 0.0544 e. The zero-order valence-corrected chi connectivity index (χ0v) is 29.4. The fraction of sp³-hybridized carbons (Fsp3) is 0.156. The smallest absolute Gasteiger partial charge is 0.0544 e. The van der Waals surface area contributed by atoms with Crippen molar-refractivity contribution < 1.29 is 0 Å². The largest absolute Gasteiger partial charge is 0.399 e. The predicted molar refractivity (Wildman–Crippen MR) is 215 cm³/mol. The number of hydrogen-bond acceptors (Lipinski definition) is 4. The zero-order valence-electron chi connectivity index (χ0n) is 29.4. The lowest BCUT2D eigenvalue weighted by Gasteiger charge is -2.31. The second-order valence-electron chi connectivity index (χ2n) is 12.1. The molecule has 0 amide bonds. The summed E-state index contributed by atoms with van der Waals surface area (Å²) in [6.07, 6.45) is 8.61. The summed E-state index contributed by atoms with van der Waals surface area (Å²) < 4.78 is 0. The Bertz CT molecular complexity index is 2060. The molecule has 5 N–H and O–H groups in total. The third kappa shape index (κ3) is 7.55. The van der Waals surface area contributed by atoms with Gasteiger partial charge >= 0.3 is 0 Å². The third-order valence-corrected chi connectivity index (χ3v) is 9.03. The Balaban J connectivity index is 0.000000408. The van der Waals surface area contributed by atoms with Crippen molar-refractivity contribution in [3.63, 3.8) is 0 Å². The maximum absolute atomic E-state index is 7.13. The van der Waals surface area contributed by atoms with E-state index in [9.17, 15) is 0 Å². The van der Waals surface area contributed by atoms with Crippen molar-refractivity contribution in [3.8, 4) is 0 Å². The average Bonchev–Trinajstić information content (AvgIpc) is 3.15. The van der Waals surface area contributed by atoms with E-state index in [1.807, 2.05) is 63.2 Å². The molecule has 1 aliphatic heterocycles. The Labute approximate surface area is 292 Å². The number of aryl methyl sites for hydroxylation is 1. The first-order valence-electron chi connectivity index (χ1n) is 17.1. The molecule has 1 aliphatic carbocycles. The molecule has 0 bridgehead atoms. The van der Waals surface area contributed by atoms with E-state index in [1.54, 1.807) is 0 Å². The van der Waals surface area contributed by atoms with Gasteiger partial charge in [-0.1, -0.05) is 124 Å². The lowest BCUT2D eigenvalue weighted by atomic mass is 9.87. The molecule has 0 radical (unpaired) electrons. The van der Waals surface area contributed by atoms with Crippen LogP contribution in [0.2, 0.25) is 0 Å². The van der Waals surface area contributed by atoms with Gasteiger partial charge in [-0.05, 0) is 79.1 Å². The van der Waals surface area contributed by atoms with E-state index < -0.39 is 0 Å². The Morgan fingerprint density at radius 1 is 0.735 bits per heavy atom. The van der Waals surface area contributed by atoms with Crippen molar-refractivity contribution in [1.82, 2.24) is 0 Å². The standard InChI is InChI=1S/C36H33N3.C7H9N.C2H6/c1-24-23-32(31-22-21-26-13-7-8-18-30(26)36(31)38-27-14-5-4-6-15-27)35(37)25(2)29-17-10-12-20-34(29)39(3)33-19-11-9-16-28(24)33;1-6-4-2-3-5-7(6)8;1-2/h4-10,12-18,20-23,38H,1,11,19,37H2,2-3H3;2-5H,8H2,1H3;1-2H3/b32-23-,35-25-;;. The van der Waals surface area contributed by atoms with Crippen LogP contribution in [0, 0.1) is 6.92 Å². The molecule has 4 nitrogen and oxygen atoms in total. The molecule has 5 aromatic carbocycles. The molecular formula is C45H48N4. The van der Waals surface area contributed by atoms with E-state index >= 15 is 0 Å². The number of fused-ring (bicyclic) bond motifs is 2. The minimum Gasteiger partial charge on any atom is -0.399 e. The number of hydrogen-bond donors (Lipinski definition) is 3. The van der Waals surface area contributed by atoms with Crippen molar-refractivity contribution >= 4 is 44.7 Å². The topological polar surface area (TPSA) is 67.3 Å². The summed E-state index contributed by atoms with van der Waals surface area (Å²) in [4.78, 5) is 2.31. The third-order valence-electron chi connectivity index (χ3n) is 9.03. The summed E-state index contributed by atoms with van der Waals surface area (Å²) in [7, 11) is 2.15. The number of benzene rings is 5. The van der Waals surface area contributed by atoms with Gasteiger partial charge in [0.2, 0.25) is 0 Å². The Morgan fingerprint density at radius 2 is 1.41 bits per heavy atom. The molecule has 0 unspecified atom stereocenters. The van der Waals surface area contributed by atoms with Crippen LogP contribution in [0.1, 0.15) is 50.3 Å². The minimum absolute atomic E-state index is 0.743. The van der Waals surface area contributed by atoms with Crippen LogP contribution >= 0.6 is 0 Å². The number of allylic oxidation sites excluding steroid dienone is 8. The lowest BCUT2D eigenvalue weighted by Crippen LogP contribution is -2.22. The molecule has 0 atom stereocenters. The van der Waals surface area contributed by atoms with Crippen molar-refractivity contribution in [2.75, 3.05) is 23.0 Å². The number of anilines is 4. The Morgan fingerprint density at radius 3 is 2.14 bits per heavy atom. The fourth-order valence-electron chi connectivity index (χ4n) is 6.30. The first kappa shape index (κ1) is 34.6. The van der Waals surface area contributed by atoms with Crippen molar-refractivity contribution in [3.05, 3.63) is 179 Å². The van der Waals surface area contributed by atoms with Crippen LogP contribution in [0.15, 0.2) is 163 Å². The highest BCUT2D eigenvalue weighted by Crippen LogP contribution is 2.42. The van der Waals surface area contributed by atoms with Gasteiger partial charge in [-0.2, -0.15) is 0 Å². The number of nitrogen functional groups attached to an aromatic ring is 1. The van der Waals surface area contributed by atoms with Crippen LogP contribution < -0.4 is 21.7 Å². The van der Waals surface area contributed by atoms with Gasteiger partial charge in [0, 0.05) is 63.2 Å². The molecule has 4 heteroatoms. The van der Waals surface area contributed by atoms with E-state index in [1.165, 1.54) is 11.1 Å². The van der Waals surface area contributed by atoms with Gasteiger partial charge in [0.15, 0.2) is 0 Å². The molecule has 0 spiro atoms. The van der Waals surface area contributed by atoms with E-state index in [0.29, 0.717) is 0 Å². The van der Waals surface area contributed by atoms with Gasteiger partial charge in [-0.3, -0.25) is 0 Å². The molecule has 49 heavy (non-hydrogen) atoms. The second-order valence-corrected chi connectivity index (χ2v) is 12.1. The monoisotopic (exact) mass is 644 g/mol. The summed E-state index contributed by atoms with van der Waals surface area (Å²) in [6, 6.07) is 39.5. The van der Waals surface area contributed by atoms with Gasteiger partial charge in [0.25, 0.3) is 0 Å². The molecule has 5 aromatic rings. The molecule has 248 valence electrons. The minimum atomic E-state index is 0.743. The highest BCUT2D eigenvalue weighted by molar-refractivity contribution is 6.05. The number of para-hydroxylation sites is 3. The van der Waals surface area contributed by atoms with Crippen molar-refractivity contribution in [2.45, 2.75) is 40.5 Å². The highest BCUT2D eigenvalue weighted by Gasteiger charge is 2.23. The molecule has 7 rings (SSSR count). The molecule has 2 aliphatic rings. The zero-order chi connectivity index (χ0) is 34.9. The average molecular weight is 645 g/mol. The van der Waals surface area contributed by atoms with Gasteiger partial charge in [0.05, 0.1) is 5.69 Å². The first-order valence-corrected chi connectivity index (χ1v) is 17.1. The number of rotatable bonds is 3. The van der Waals surface area contributed by atoms with Crippen LogP contribution in [-0.4, -0.2) is 7.05 Å². The van der Waals surface area contributed by atoms with Crippen LogP contribution in [0.25, 0.3) is 21.9 Å². The molecule has 0 fully saturated rings. The van der Waals surface area contributed by atoms with E-state index in [4.69, 9.17) is 11.5 Å². The van der Waals surface area contributed by atoms with Crippen LogP contribution in [0.5, 0.6) is 0 Å². The number of nitrogens with zero attached hydrogens (tertiary/aromatic N) is 1. The first-order chi connectivity index (χ1) is 23.8. The summed E-state index contributed by atoms with van der Waals surface area (Å²) in [5.74, 6) is 0. The van der Waals surface area contributed by atoms with E-state index in [0.717, 1.165) is 85.7 Å². The highest BCUT2D eigenvalue weighted by atomic mass is 15.1. The van der Waals surface area contributed by atoms with Crippen molar-refractivity contribution in [1.29, 1.82) is 0 Å². The van der Waals surface area contributed by atoms with Gasteiger partial charge in [-0.25, -0.2) is 0 Å². The molecule has 1 heterocycles. The fourth-order valence-corrected chi connectivity index (χ4v) is 6.30. The quantitative estimate of drug-likeness (QED) is 0.171. The summed E-state index contributed by atoms with van der Waals surface area (Å²) in [5.41, 5.74) is 26.2. The number of nitrogens with one attached hydrogen (secondary N) is 1. The maximum atomic E-state index is 7.13. The molecular weight excluding hydrogens is 597 g/mol. The van der Waals surface area contributed by atoms with E-state index in [-0.39, 0.29) is 0 Å². The van der Waals surface area contributed by atoms with Gasteiger partial charge in [0.1, 0.15) is 0 Å². The Kier molecular flexibility index (Phi) is 11.2. The van der Waals surface area contributed by atoms with Crippen LogP contribution in [0.3, 0.4) is 0 Å². The number of nitrogens with two attached hydrogens (primary N) is 2. The predicted octanol–water partition coefficient (Wildman–Crippen LogP) is 11.6. The molecule has 0 aromatic heterocycles. The summed E-state index contributed by atoms with van der Waals surface area (Å²) >= 11 is 0. The molecule has 0 saturated carbocycles. The summed E-state index contributed by atoms with van der Waals surface area (Å²) in [6.45, 7) is 12.7. The summed E-state index contributed by atoms with van der Waals surface area (Å²) in [5, 5.41) is 6.04. The Hall–Kier alpha value is -5.74. The molecule has 0 saturated heterocycles. The van der Waals surface area contributed by atoms with Gasteiger partial charge in [-0.15, -0.1) is 0 Å². The second kappa shape index (κ2) is 15.9. The van der Waals surface area contributed by atoms with Gasteiger partial charge < -0.3 is 21.7 Å². The SMILES string of the molecule is C=C1/C=C(c2ccc3ccccc3c2Nc2ccccc2)\C(N)=C(/C)c2ccccc2N(C)C2=C1C=CCC2.CC.Cc1ccccc1N. The lowest BCUT2D eigenvalue weighted by molar-refractivity contribution is 0.880. The normalized spacial score (nSPS) is 16.6. The van der Waals surface area contributed by atoms with Crippen LogP contribution in [0.4, 0.5) is 22.7 Å². The van der Waals surface area contributed by atoms with E-state index in [2.05, 4.69) is 122 Å². The van der Waals surface area contributed by atoms with Crippen molar-refractivity contribution in [2.24, 2.45) is 5.73 Å².